The molecule has 2 fully saturated rings. The number of amides is 1. The molecule has 1 aromatic carbocycles. The smallest absolute Gasteiger partial charge is 0.303 e. The Morgan fingerprint density at radius 1 is 1.04 bits per heavy atom. The van der Waals surface area contributed by atoms with Gasteiger partial charge in [0.1, 0.15) is 0 Å². The predicted molar refractivity (Wildman–Crippen MR) is 97.3 cm³/mol. The first-order valence-electron chi connectivity index (χ1n) is 9.69. The molecule has 0 aromatic heterocycles. The summed E-state index contributed by atoms with van der Waals surface area (Å²) >= 11 is 0. The average Bonchev–Trinajstić information content (AvgIpc) is 2.67. The molecule has 1 amide bonds. The van der Waals surface area contributed by atoms with Crippen LogP contribution in [0.15, 0.2) is 30.3 Å². The molecule has 0 radical (unpaired) electrons. The van der Waals surface area contributed by atoms with Crippen molar-refractivity contribution < 1.29 is 14.7 Å². The van der Waals surface area contributed by atoms with Gasteiger partial charge in [0.25, 0.3) is 0 Å². The van der Waals surface area contributed by atoms with Crippen molar-refractivity contribution in [1.29, 1.82) is 0 Å². The standard InChI is InChI=1S/C21H29NO3/c23-20(24)13-8-16-5-4-14-22(15-16)21(25)19-11-9-18(10-12-19)17-6-2-1-3-7-17/h1-3,6-7,16,18-19H,4-5,8-15H2,(H,23,24). The molecule has 1 N–H and O–H groups in total. The number of nitrogens with zero attached hydrogens (tertiary/aromatic N) is 1. The van der Waals surface area contributed by atoms with Crippen molar-refractivity contribution in [3.05, 3.63) is 35.9 Å². The Kier molecular flexibility index (Phi) is 6.11. The van der Waals surface area contributed by atoms with Gasteiger partial charge >= 0.3 is 5.97 Å². The van der Waals surface area contributed by atoms with Crippen LogP contribution in [0.5, 0.6) is 0 Å². The zero-order chi connectivity index (χ0) is 17.6. The van der Waals surface area contributed by atoms with Crippen LogP contribution in [0, 0.1) is 11.8 Å². The second kappa shape index (κ2) is 8.50. The summed E-state index contributed by atoms with van der Waals surface area (Å²) in [4.78, 5) is 25.7. The Hall–Kier alpha value is -1.84. The first kappa shape index (κ1) is 18.0. The summed E-state index contributed by atoms with van der Waals surface area (Å²) in [5.74, 6) is 0.691. The van der Waals surface area contributed by atoms with Crippen molar-refractivity contribution in [2.45, 2.75) is 57.3 Å². The highest BCUT2D eigenvalue weighted by molar-refractivity contribution is 5.79. The van der Waals surface area contributed by atoms with Crippen LogP contribution in [0.4, 0.5) is 0 Å². The van der Waals surface area contributed by atoms with Crippen LogP contribution in [-0.4, -0.2) is 35.0 Å². The molecule has 1 aromatic rings. The number of carbonyl (C=O) groups is 2. The number of aliphatic carboxylic acids is 1. The molecule has 0 spiro atoms. The SMILES string of the molecule is O=C(O)CCC1CCCN(C(=O)C2CCC(c3ccccc3)CC2)C1. The summed E-state index contributed by atoms with van der Waals surface area (Å²) in [6.45, 7) is 1.60. The number of carbonyl (C=O) groups excluding carboxylic acids is 1. The summed E-state index contributed by atoms with van der Waals surface area (Å²) in [6.07, 6.45) is 7.12. The van der Waals surface area contributed by atoms with E-state index in [1.165, 1.54) is 5.56 Å². The number of hydrogen-bond donors (Lipinski definition) is 1. The Morgan fingerprint density at radius 2 is 1.76 bits per heavy atom. The fourth-order valence-corrected chi connectivity index (χ4v) is 4.49. The number of hydrogen-bond acceptors (Lipinski definition) is 2. The lowest BCUT2D eigenvalue weighted by molar-refractivity contribution is -0.138. The monoisotopic (exact) mass is 343 g/mol. The molecule has 2 aliphatic rings. The van der Waals surface area contributed by atoms with Crippen LogP contribution in [0.25, 0.3) is 0 Å². The third-order valence-corrected chi connectivity index (χ3v) is 5.94. The number of piperidine rings is 1. The summed E-state index contributed by atoms with van der Waals surface area (Å²) in [7, 11) is 0. The van der Waals surface area contributed by atoms with Crippen molar-refractivity contribution in [2.24, 2.45) is 11.8 Å². The Balaban J connectivity index is 1.49. The van der Waals surface area contributed by atoms with E-state index in [0.29, 0.717) is 24.2 Å². The maximum absolute atomic E-state index is 12.9. The highest BCUT2D eigenvalue weighted by atomic mass is 16.4. The molecule has 1 atom stereocenters. The molecule has 1 aliphatic carbocycles. The van der Waals surface area contributed by atoms with E-state index in [-0.39, 0.29) is 12.3 Å². The lowest BCUT2D eigenvalue weighted by Gasteiger charge is -2.37. The Labute approximate surface area is 150 Å². The molecule has 136 valence electrons. The van der Waals surface area contributed by atoms with Crippen LogP contribution in [0.2, 0.25) is 0 Å². The Bertz CT molecular complexity index is 578. The second-order valence-electron chi connectivity index (χ2n) is 7.68. The van der Waals surface area contributed by atoms with E-state index in [4.69, 9.17) is 5.11 Å². The van der Waals surface area contributed by atoms with Gasteiger partial charge in [0.15, 0.2) is 0 Å². The van der Waals surface area contributed by atoms with Gasteiger partial charge in [-0.2, -0.15) is 0 Å². The third-order valence-electron chi connectivity index (χ3n) is 5.94. The number of carboxylic acid groups (broad SMARTS) is 1. The maximum Gasteiger partial charge on any atom is 0.303 e. The van der Waals surface area contributed by atoms with Gasteiger partial charge < -0.3 is 10.0 Å². The first-order chi connectivity index (χ1) is 12.1. The van der Waals surface area contributed by atoms with E-state index >= 15 is 0 Å². The molecule has 3 rings (SSSR count). The van der Waals surface area contributed by atoms with Gasteiger partial charge in [-0.05, 0) is 62.3 Å². The predicted octanol–water partition coefficient (Wildman–Crippen LogP) is 4.06. The van der Waals surface area contributed by atoms with Gasteiger partial charge in [0.2, 0.25) is 5.91 Å². The van der Waals surface area contributed by atoms with Crippen LogP contribution < -0.4 is 0 Å². The summed E-state index contributed by atoms with van der Waals surface area (Å²) in [5.41, 5.74) is 1.40. The van der Waals surface area contributed by atoms with Crippen molar-refractivity contribution in [1.82, 2.24) is 4.90 Å². The maximum atomic E-state index is 12.9. The van der Waals surface area contributed by atoms with E-state index in [1.54, 1.807) is 0 Å². The van der Waals surface area contributed by atoms with E-state index in [1.807, 2.05) is 4.90 Å². The molecule has 1 saturated heterocycles. The zero-order valence-corrected chi connectivity index (χ0v) is 14.9. The number of likely N-dealkylation sites (tertiary alicyclic amines) is 1. The largest absolute Gasteiger partial charge is 0.481 e. The highest BCUT2D eigenvalue weighted by Crippen LogP contribution is 2.37. The average molecular weight is 343 g/mol. The van der Waals surface area contributed by atoms with E-state index in [9.17, 15) is 9.59 Å². The van der Waals surface area contributed by atoms with E-state index in [0.717, 1.165) is 51.6 Å². The molecule has 1 saturated carbocycles. The summed E-state index contributed by atoms with van der Waals surface area (Å²) < 4.78 is 0. The molecule has 4 nitrogen and oxygen atoms in total. The molecule has 25 heavy (non-hydrogen) atoms. The van der Waals surface area contributed by atoms with Crippen LogP contribution in [0.3, 0.4) is 0 Å². The fraction of sp³-hybridized carbons (Fsp3) is 0.619. The third kappa shape index (κ3) is 4.83. The summed E-state index contributed by atoms with van der Waals surface area (Å²) in [6, 6.07) is 10.6. The van der Waals surface area contributed by atoms with Crippen LogP contribution in [0.1, 0.15) is 62.8 Å². The van der Waals surface area contributed by atoms with Gasteiger partial charge in [-0.3, -0.25) is 9.59 Å². The highest BCUT2D eigenvalue weighted by Gasteiger charge is 2.32. The van der Waals surface area contributed by atoms with Gasteiger partial charge in [-0.25, -0.2) is 0 Å². The van der Waals surface area contributed by atoms with Crippen molar-refractivity contribution >= 4 is 11.9 Å². The minimum Gasteiger partial charge on any atom is -0.481 e. The quantitative estimate of drug-likeness (QED) is 0.877. The van der Waals surface area contributed by atoms with Crippen LogP contribution in [-0.2, 0) is 9.59 Å². The molecular weight excluding hydrogens is 314 g/mol. The lowest BCUT2D eigenvalue weighted by atomic mass is 9.78. The molecular formula is C21H29NO3. The zero-order valence-electron chi connectivity index (χ0n) is 14.9. The van der Waals surface area contributed by atoms with Crippen LogP contribution >= 0.6 is 0 Å². The number of benzene rings is 1. The van der Waals surface area contributed by atoms with Gasteiger partial charge in [-0.1, -0.05) is 30.3 Å². The van der Waals surface area contributed by atoms with Gasteiger partial charge in [-0.15, -0.1) is 0 Å². The number of rotatable bonds is 5. The fourth-order valence-electron chi connectivity index (χ4n) is 4.49. The van der Waals surface area contributed by atoms with Crippen molar-refractivity contribution in [3.8, 4) is 0 Å². The minimum atomic E-state index is -0.734. The van der Waals surface area contributed by atoms with E-state index < -0.39 is 5.97 Å². The van der Waals surface area contributed by atoms with Gasteiger partial charge in [0, 0.05) is 25.4 Å². The first-order valence-corrected chi connectivity index (χ1v) is 9.69. The number of carboxylic acids is 1. The van der Waals surface area contributed by atoms with Crippen molar-refractivity contribution in [2.75, 3.05) is 13.1 Å². The molecule has 1 heterocycles. The molecule has 4 heteroatoms. The molecule has 0 bridgehead atoms. The Morgan fingerprint density at radius 3 is 2.44 bits per heavy atom. The van der Waals surface area contributed by atoms with Gasteiger partial charge in [0.05, 0.1) is 0 Å². The van der Waals surface area contributed by atoms with E-state index in [2.05, 4.69) is 30.3 Å². The summed E-state index contributed by atoms with van der Waals surface area (Å²) in [5, 5.41) is 8.86. The lowest BCUT2D eigenvalue weighted by Crippen LogP contribution is -2.43. The topological polar surface area (TPSA) is 57.6 Å². The molecule has 1 aliphatic heterocycles. The van der Waals surface area contributed by atoms with Crippen molar-refractivity contribution in [3.63, 3.8) is 0 Å². The molecule has 1 unspecified atom stereocenters. The normalized spacial score (nSPS) is 27.0. The minimum absolute atomic E-state index is 0.165. The second-order valence-corrected chi connectivity index (χ2v) is 7.68.